The normalized spacial score (nSPS) is 16.0. The molecule has 0 saturated heterocycles. The standard InChI is InChI=1S/C26H19Cl2NO/c27-20-8-3-5-17(13-20)16-29-24-12-11-18-6-1-2-10-22(18)26(24)23(15-25(29)30)19-7-4-9-21(28)14-19/h1-14,23H,15-16H2. The van der Waals surface area contributed by atoms with Gasteiger partial charge >= 0.3 is 0 Å². The molecule has 1 aliphatic heterocycles. The molecule has 1 unspecified atom stereocenters. The maximum atomic E-state index is 13.3. The van der Waals surface area contributed by atoms with Crippen molar-refractivity contribution < 1.29 is 4.79 Å². The van der Waals surface area contributed by atoms with Crippen molar-refractivity contribution in [3.63, 3.8) is 0 Å². The molecule has 0 aromatic heterocycles. The summed E-state index contributed by atoms with van der Waals surface area (Å²) in [7, 11) is 0. The molecular formula is C26H19Cl2NO. The van der Waals surface area contributed by atoms with Gasteiger partial charge in [-0.2, -0.15) is 0 Å². The average Bonchev–Trinajstić information content (AvgIpc) is 2.75. The van der Waals surface area contributed by atoms with Gasteiger partial charge in [-0.3, -0.25) is 4.79 Å². The molecule has 0 saturated carbocycles. The van der Waals surface area contributed by atoms with E-state index in [1.807, 2.05) is 53.4 Å². The van der Waals surface area contributed by atoms with Gasteiger partial charge < -0.3 is 4.90 Å². The number of hydrogen-bond donors (Lipinski definition) is 0. The fourth-order valence-electron chi connectivity index (χ4n) is 4.41. The number of anilines is 1. The van der Waals surface area contributed by atoms with Gasteiger partial charge in [-0.05, 0) is 57.8 Å². The fraction of sp³-hybridized carbons (Fsp3) is 0.115. The lowest BCUT2D eigenvalue weighted by molar-refractivity contribution is -0.119. The van der Waals surface area contributed by atoms with Gasteiger partial charge in [0.25, 0.3) is 0 Å². The Balaban J connectivity index is 1.69. The van der Waals surface area contributed by atoms with Crippen LogP contribution in [-0.2, 0) is 11.3 Å². The molecule has 1 heterocycles. The lowest BCUT2D eigenvalue weighted by Crippen LogP contribution is -2.36. The third-order valence-electron chi connectivity index (χ3n) is 5.75. The van der Waals surface area contributed by atoms with Crippen LogP contribution in [0, 0.1) is 0 Å². The summed E-state index contributed by atoms with van der Waals surface area (Å²) in [4.78, 5) is 15.2. The first-order valence-corrected chi connectivity index (χ1v) is 10.7. The van der Waals surface area contributed by atoms with E-state index in [9.17, 15) is 4.79 Å². The lowest BCUT2D eigenvalue weighted by Gasteiger charge is -2.35. The minimum absolute atomic E-state index is 0.0343. The summed E-state index contributed by atoms with van der Waals surface area (Å²) in [5.74, 6) is 0.0654. The van der Waals surface area contributed by atoms with Gasteiger partial charge in [-0.25, -0.2) is 0 Å². The zero-order valence-corrected chi connectivity index (χ0v) is 17.7. The van der Waals surface area contributed by atoms with Crippen molar-refractivity contribution in [1.82, 2.24) is 0 Å². The quantitative estimate of drug-likeness (QED) is 0.335. The molecule has 30 heavy (non-hydrogen) atoms. The zero-order valence-electron chi connectivity index (χ0n) is 16.2. The van der Waals surface area contributed by atoms with Gasteiger partial charge in [-0.1, -0.05) is 77.8 Å². The Labute approximate surface area is 185 Å². The van der Waals surface area contributed by atoms with Crippen LogP contribution in [0.15, 0.2) is 84.9 Å². The number of rotatable bonds is 3. The molecule has 4 aromatic carbocycles. The minimum Gasteiger partial charge on any atom is -0.308 e. The van der Waals surface area contributed by atoms with Crippen LogP contribution in [0.2, 0.25) is 10.0 Å². The number of amides is 1. The molecule has 1 atom stereocenters. The van der Waals surface area contributed by atoms with E-state index in [4.69, 9.17) is 23.2 Å². The van der Waals surface area contributed by atoms with E-state index in [1.54, 1.807) is 0 Å². The topological polar surface area (TPSA) is 20.3 Å². The van der Waals surface area contributed by atoms with Crippen LogP contribution in [0.5, 0.6) is 0 Å². The summed E-state index contributed by atoms with van der Waals surface area (Å²) in [6, 6.07) is 28.0. The van der Waals surface area contributed by atoms with Crippen molar-refractivity contribution in [2.24, 2.45) is 0 Å². The highest BCUT2D eigenvalue weighted by Gasteiger charge is 2.33. The first-order valence-electron chi connectivity index (χ1n) is 9.92. The van der Waals surface area contributed by atoms with Crippen molar-refractivity contribution in [3.8, 4) is 0 Å². The second kappa shape index (κ2) is 7.79. The number of benzene rings is 4. The number of hydrogen-bond acceptors (Lipinski definition) is 1. The van der Waals surface area contributed by atoms with Crippen molar-refractivity contribution in [2.45, 2.75) is 18.9 Å². The number of nitrogens with zero attached hydrogens (tertiary/aromatic N) is 1. The molecule has 5 rings (SSSR count). The number of fused-ring (bicyclic) bond motifs is 3. The number of halogens is 2. The van der Waals surface area contributed by atoms with E-state index in [2.05, 4.69) is 36.4 Å². The molecule has 2 nitrogen and oxygen atoms in total. The van der Waals surface area contributed by atoms with E-state index in [0.717, 1.165) is 16.8 Å². The minimum atomic E-state index is -0.0343. The Morgan fingerprint density at radius 1 is 0.833 bits per heavy atom. The molecule has 0 N–H and O–H groups in total. The largest absolute Gasteiger partial charge is 0.308 e. The van der Waals surface area contributed by atoms with Crippen LogP contribution in [0.4, 0.5) is 5.69 Å². The van der Waals surface area contributed by atoms with Crippen molar-refractivity contribution in [2.75, 3.05) is 4.90 Å². The molecule has 0 fully saturated rings. The van der Waals surface area contributed by atoms with E-state index < -0.39 is 0 Å². The second-order valence-corrected chi connectivity index (χ2v) is 8.51. The first-order chi connectivity index (χ1) is 14.6. The van der Waals surface area contributed by atoms with Gasteiger partial charge in [0.15, 0.2) is 0 Å². The fourth-order valence-corrected chi connectivity index (χ4v) is 4.82. The van der Waals surface area contributed by atoms with Gasteiger partial charge in [-0.15, -0.1) is 0 Å². The maximum Gasteiger partial charge on any atom is 0.228 e. The highest BCUT2D eigenvalue weighted by atomic mass is 35.5. The summed E-state index contributed by atoms with van der Waals surface area (Å²) >= 11 is 12.5. The molecule has 148 valence electrons. The van der Waals surface area contributed by atoms with Crippen LogP contribution >= 0.6 is 23.2 Å². The van der Waals surface area contributed by atoms with Gasteiger partial charge in [0.05, 0.1) is 6.54 Å². The Kier molecular flexibility index (Phi) is 4.98. The zero-order chi connectivity index (χ0) is 20.7. The summed E-state index contributed by atoms with van der Waals surface area (Å²) < 4.78 is 0. The summed E-state index contributed by atoms with van der Waals surface area (Å²) in [5.41, 5.74) is 4.21. The maximum absolute atomic E-state index is 13.3. The van der Waals surface area contributed by atoms with E-state index in [0.29, 0.717) is 23.0 Å². The van der Waals surface area contributed by atoms with Crippen LogP contribution in [0.3, 0.4) is 0 Å². The van der Waals surface area contributed by atoms with Crippen molar-refractivity contribution in [1.29, 1.82) is 0 Å². The molecule has 1 aliphatic rings. The van der Waals surface area contributed by atoms with E-state index in [-0.39, 0.29) is 11.8 Å². The van der Waals surface area contributed by atoms with Crippen LogP contribution < -0.4 is 4.90 Å². The lowest BCUT2D eigenvalue weighted by atomic mass is 9.81. The van der Waals surface area contributed by atoms with E-state index >= 15 is 0 Å². The predicted molar refractivity (Wildman–Crippen MR) is 125 cm³/mol. The van der Waals surface area contributed by atoms with Gasteiger partial charge in [0.1, 0.15) is 0 Å². The van der Waals surface area contributed by atoms with Crippen LogP contribution in [-0.4, -0.2) is 5.91 Å². The third-order valence-corrected chi connectivity index (χ3v) is 6.22. The number of carbonyl (C=O) groups excluding carboxylic acids is 1. The highest BCUT2D eigenvalue weighted by Crippen LogP contribution is 2.44. The molecular weight excluding hydrogens is 413 g/mol. The second-order valence-electron chi connectivity index (χ2n) is 7.64. The monoisotopic (exact) mass is 431 g/mol. The smallest absolute Gasteiger partial charge is 0.228 e. The molecule has 0 aliphatic carbocycles. The van der Waals surface area contributed by atoms with Crippen molar-refractivity contribution >= 4 is 45.6 Å². The predicted octanol–water partition coefficient (Wildman–Crippen LogP) is 7.22. The Morgan fingerprint density at radius 2 is 1.60 bits per heavy atom. The molecule has 4 aromatic rings. The van der Waals surface area contributed by atoms with Gasteiger partial charge in [0.2, 0.25) is 5.91 Å². The van der Waals surface area contributed by atoms with Crippen LogP contribution in [0.25, 0.3) is 10.8 Å². The average molecular weight is 432 g/mol. The Bertz CT molecular complexity index is 1270. The summed E-state index contributed by atoms with van der Waals surface area (Å²) in [6.45, 7) is 0.493. The Hall–Kier alpha value is -2.81. The molecule has 4 heteroatoms. The van der Waals surface area contributed by atoms with Crippen LogP contribution in [0.1, 0.15) is 29.0 Å². The summed E-state index contributed by atoms with van der Waals surface area (Å²) in [5, 5.41) is 3.69. The summed E-state index contributed by atoms with van der Waals surface area (Å²) in [6.07, 6.45) is 0.405. The third kappa shape index (κ3) is 3.47. The molecule has 1 amide bonds. The Morgan fingerprint density at radius 3 is 2.40 bits per heavy atom. The molecule has 0 radical (unpaired) electrons. The molecule has 0 bridgehead atoms. The number of carbonyl (C=O) groups is 1. The highest BCUT2D eigenvalue weighted by molar-refractivity contribution is 6.31. The molecule has 0 spiro atoms. The van der Waals surface area contributed by atoms with Gasteiger partial charge in [0, 0.05) is 28.1 Å². The van der Waals surface area contributed by atoms with Crippen molar-refractivity contribution in [3.05, 3.63) is 112 Å². The SMILES string of the molecule is O=C1CC(c2cccc(Cl)c2)c2c(ccc3ccccc23)N1Cc1cccc(Cl)c1. The van der Waals surface area contributed by atoms with E-state index in [1.165, 1.54) is 16.3 Å². The first kappa shape index (κ1) is 19.2.